The van der Waals surface area contributed by atoms with Crippen LogP contribution in [0.1, 0.15) is 24.0 Å². The number of hydrogen-bond donors (Lipinski definition) is 4. The molecule has 0 aliphatic rings. The van der Waals surface area contributed by atoms with Crippen LogP contribution in [0.2, 0.25) is 0 Å². The van der Waals surface area contributed by atoms with Gasteiger partial charge < -0.3 is 20.8 Å². The van der Waals surface area contributed by atoms with Gasteiger partial charge in [0, 0.05) is 11.9 Å². The number of aliphatic hydroxyl groups is 1. The Morgan fingerprint density at radius 1 is 1.47 bits per heavy atom. The molecular formula is C11H17N3O4S. The normalized spacial score (nSPS) is 13.6. The second-order valence-corrected chi connectivity index (χ2v) is 5.52. The summed E-state index contributed by atoms with van der Waals surface area (Å²) in [6.07, 6.45) is -0.432. The molecule has 0 fully saturated rings. The molecule has 2 amide bonds. The van der Waals surface area contributed by atoms with Crippen LogP contribution in [0.4, 0.5) is 4.79 Å². The van der Waals surface area contributed by atoms with Gasteiger partial charge in [0.25, 0.3) is 0 Å². The van der Waals surface area contributed by atoms with E-state index in [1.54, 1.807) is 0 Å². The van der Waals surface area contributed by atoms with Gasteiger partial charge in [-0.25, -0.2) is 9.78 Å². The van der Waals surface area contributed by atoms with Crippen molar-refractivity contribution in [1.82, 2.24) is 15.6 Å². The van der Waals surface area contributed by atoms with Crippen molar-refractivity contribution < 1.29 is 19.8 Å². The van der Waals surface area contributed by atoms with Gasteiger partial charge in [0.15, 0.2) is 0 Å². The molecule has 106 valence electrons. The van der Waals surface area contributed by atoms with Crippen LogP contribution in [0.5, 0.6) is 0 Å². The third-order valence-electron chi connectivity index (χ3n) is 2.26. The predicted octanol–water partition coefficient (Wildman–Crippen LogP) is 0.476. The van der Waals surface area contributed by atoms with E-state index in [4.69, 9.17) is 5.11 Å². The Labute approximate surface area is 114 Å². The molecule has 4 N–H and O–H groups in total. The molecule has 1 atom stereocenters. The van der Waals surface area contributed by atoms with Crippen LogP contribution in [0, 0.1) is 6.92 Å². The first-order valence-electron chi connectivity index (χ1n) is 5.65. The van der Waals surface area contributed by atoms with Crippen LogP contribution in [0.15, 0.2) is 5.38 Å². The number of hydrogen-bond acceptors (Lipinski definition) is 5. The monoisotopic (exact) mass is 287 g/mol. The first-order chi connectivity index (χ1) is 8.78. The number of aryl methyl sites for hydroxylation is 1. The minimum Gasteiger partial charge on any atom is -0.481 e. The Balaban J connectivity index is 2.30. The maximum atomic E-state index is 11.5. The van der Waals surface area contributed by atoms with Gasteiger partial charge in [0.1, 0.15) is 0 Å². The number of urea groups is 1. The van der Waals surface area contributed by atoms with Crippen molar-refractivity contribution in [2.24, 2.45) is 0 Å². The summed E-state index contributed by atoms with van der Waals surface area (Å²) in [6, 6.07) is -0.476. The summed E-state index contributed by atoms with van der Waals surface area (Å²) in [5.74, 6) is -1.12. The maximum absolute atomic E-state index is 11.5. The van der Waals surface area contributed by atoms with Crippen LogP contribution < -0.4 is 10.6 Å². The van der Waals surface area contributed by atoms with Crippen LogP contribution in [-0.4, -0.2) is 39.3 Å². The number of rotatable bonds is 6. The molecule has 1 unspecified atom stereocenters. The molecule has 1 heterocycles. The zero-order valence-electron chi connectivity index (χ0n) is 10.8. The second kappa shape index (κ2) is 6.48. The van der Waals surface area contributed by atoms with Crippen LogP contribution in [0.25, 0.3) is 0 Å². The van der Waals surface area contributed by atoms with E-state index in [0.29, 0.717) is 0 Å². The average Bonchev–Trinajstić information content (AvgIpc) is 2.68. The van der Waals surface area contributed by atoms with E-state index >= 15 is 0 Å². The number of aliphatic carboxylic acids is 1. The largest absolute Gasteiger partial charge is 0.481 e. The van der Waals surface area contributed by atoms with Crippen molar-refractivity contribution in [3.8, 4) is 0 Å². The topological polar surface area (TPSA) is 112 Å². The van der Waals surface area contributed by atoms with Gasteiger partial charge in [0.05, 0.1) is 29.3 Å². The third kappa shape index (κ3) is 6.16. The molecule has 0 aliphatic carbocycles. The Hall–Kier alpha value is -1.67. The molecule has 1 aromatic heterocycles. The van der Waals surface area contributed by atoms with Gasteiger partial charge >= 0.3 is 12.0 Å². The standard InChI is InChI=1S/C11H17N3O4S/c1-7-14-8(5-19-7)4-12-10(17)13-6-11(2,18)3-9(15)16/h5,18H,3-4,6H2,1-2H3,(H,15,16)(H2,12,13,17). The fourth-order valence-electron chi connectivity index (χ4n) is 1.38. The zero-order valence-corrected chi connectivity index (χ0v) is 11.6. The highest BCUT2D eigenvalue weighted by Crippen LogP contribution is 2.08. The summed E-state index contributed by atoms with van der Waals surface area (Å²) in [5, 5.41) is 26.0. The molecule has 0 aromatic carbocycles. The first kappa shape index (κ1) is 15.4. The maximum Gasteiger partial charge on any atom is 0.315 e. The highest BCUT2D eigenvalue weighted by atomic mass is 32.1. The third-order valence-corrected chi connectivity index (χ3v) is 3.08. The summed E-state index contributed by atoms with van der Waals surface area (Å²) in [7, 11) is 0. The Morgan fingerprint density at radius 2 is 2.16 bits per heavy atom. The van der Waals surface area contributed by atoms with E-state index in [1.165, 1.54) is 18.3 Å². The van der Waals surface area contributed by atoms with Gasteiger partial charge in [-0.1, -0.05) is 0 Å². The van der Waals surface area contributed by atoms with E-state index in [0.717, 1.165) is 10.7 Å². The summed E-state index contributed by atoms with van der Waals surface area (Å²) in [6.45, 7) is 3.38. The van der Waals surface area contributed by atoms with Crippen molar-refractivity contribution in [2.75, 3.05) is 6.54 Å². The molecule has 8 heteroatoms. The molecule has 1 rings (SSSR count). The molecule has 0 aliphatic heterocycles. The number of carbonyl (C=O) groups excluding carboxylic acids is 1. The van der Waals surface area contributed by atoms with Gasteiger partial charge in [-0.2, -0.15) is 0 Å². The molecule has 7 nitrogen and oxygen atoms in total. The molecule has 0 radical (unpaired) electrons. The number of carboxylic acids is 1. The van der Waals surface area contributed by atoms with Crippen molar-refractivity contribution in [3.05, 3.63) is 16.1 Å². The summed E-state index contributed by atoms with van der Waals surface area (Å²) in [4.78, 5) is 26.1. The molecule has 1 aromatic rings. The zero-order chi connectivity index (χ0) is 14.5. The summed E-state index contributed by atoms with van der Waals surface area (Å²) in [5.41, 5.74) is -0.713. The summed E-state index contributed by atoms with van der Waals surface area (Å²) >= 11 is 1.49. The quantitative estimate of drug-likeness (QED) is 0.608. The molecule has 0 saturated heterocycles. The number of aromatic nitrogens is 1. The lowest BCUT2D eigenvalue weighted by Crippen LogP contribution is -2.45. The number of thiazole rings is 1. The van der Waals surface area contributed by atoms with E-state index in [-0.39, 0.29) is 13.1 Å². The highest BCUT2D eigenvalue weighted by molar-refractivity contribution is 7.09. The van der Waals surface area contributed by atoms with Crippen LogP contribution in [-0.2, 0) is 11.3 Å². The smallest absolute Gasteiger partial charge is 0.315 e. The lowest BCUT2D eigenvalue weighted by molar-refractivity contribution is -0.141. The van der Waals surface area contributed by atoms with E-state index in [1.807, 2.05) is 12.3 Å². The van der Waals surface area contributed by atoms with Crippen molar-refractivity contribution in [2.45, 2.75) is 32.4 Å². The molecule has 0 bridgehead atoms. The molecule has 0 spiro atoms. The fourth-order valence-corrected chi connectivity index (χ4v) is 1.99. The number of carbonyl (C=O) groups is 2. The highest BCUT2D eigenvalue weighted by Gasteiger charge is 2.24. The molecule has 0 saturated carbocycles. The molecule has 19 heavy (non-hydrogen) atoms. The Kier molecular flexibility index (Phi) is 5.25. The van der Waals surface area contributed by atoms with E-state index in [2.05, 4.69) is 15.6 Å². The Bertz CT molecular complexity index is 459. The minimum atomic E-state index is -1.47. The van der Waals surface area contributed by atoms with E-state index < -0.39 is 24.0 Å². The van der Waals surface area contributed by atoms with Crippen LogP contribution >= 0.6 is 11.3 Å². The number of amides is 2. The van der Waals surface area contributed by atoms with Gasteiger partial charge in [-0.3, -0.25) is 4.79 Å². The lowest BCUT2D eigenvalue weighted by Gasteiger charge is -2.21. The van der Waals surface area contributed by atoms with Gasteiger partial charge in [0.2, 0.25) is 0 Å². The lowest BCUT2D eigenvalue weighted by atomic mass is 10.0. The predicted molar refractivity (Wildman–Crippen MR) is 70.0 cm³/mol. The van der Waals surface area contributed by atoms with E-state index in [9.17, 15) is 14.7 Å². The fraction of sp³-hybridized carbons (Fsp3) is 0.545. The SMILES string of the molecule is Cc1nc(CNC(=O)NCC(C)(O)CC(=O)O)cs1. The van der Waals surface area contributed by atoms with Crippen molar-refractivity contribution in [1.29, 1.82) is 0 Å². The van der Waals surface area contributed by atoms with Gasteiger partial charge in [-0.05, 0) is 13.8 Å². The summed E-state index contributed by atoms with van der Waals surface area (Å²) < 4.78 is 0. The number of nitrogens with zero attached hydrogens (tertiary/aromatic N) is 1. The number of carboxylic acid groups (broad SMARTS) is 1. The average molecular weight is 287 g/mol. The molecular weight excluding hydrogens is 270 g/mol. The number of nitrogens with one attached hydrogen (secondary N) is 2. The first-order valence-corrected chi connectivity index (χ1v) is 6.53. The minimum absolute atomic E-state index is 0.138. The second-order valence-electron chi connectivity index (χ2n) is 4.46. The Morgan fingerprint density at radius 3 is 2.68 bits per heavy atom. The van der Waals surface area contributed by atoms with Crippen molar-refractivity contribution >= 4 is 23.3 Å². The van der Waals surface area contributed by atoms with Crippen LogP contribution in [0.3, 0.4) is 0 Å². The van der Waals surface area contributed by atoms with Gasteiger partial charge in [-0.15, -0.1) is 11.3 Å². The van der Waals surface area contributed by atoms with Crippen molar-refractivity contribution in [3.63, 3.8) is 0 Å².